The predicted octanol–water partition coefficient (Wildman–Crippen LogP) is 1.75. The van der Waals surface area contributed by atoms with E-state index in [2.05, 4.69) is 4.90 Å². The first-order valence-corrected chi connectivity index (χ1v) is 6.91. The summed E-state index contributed by atoms with van der Waals surface area (Å²) in [6, 6.07) is 4.66. The predicted molar refractivity (Wildman–Crippen MR) is 69.1 cm³/mol. The van der Waals surface area contributed by atoms with E-state index in [0.717, 1.165) is 38.4 Å². The summed E-state index contributed by atoms with van der Waals surface area (Å²) in [6.07, 6.45) is 6.55. The molecule has 4 heteroatoms. The van der Waals surface area contributed by atoms with Crippen molar-refractivity contribution in [1.82, 2.24) is 4.90 Å². The molecule has 1 aromatic heterocycles. The van der Waals surface area contributed by atoms with Crippen molar-refractivity contribution in [1.29, 1.82) is 0 Å². The second-order valence-electron chi connectivity index (χ2n) is 5.52. The Labute approximate surface area is 108 Å². The average Bonchev–Trinajstić information content (AvgIpc) is 3.13. The molecular weight excluding hydrogens is 228 g/mol. The lowest BCUT2D eigenvalue weighted by atomic mass is 9.89. The van der Waals surface area contributed by atoms with E-state index in [1.165, 1.54) is 12.8 Å². The lowest BCUT2D eigenvalue weighted by Gasteiger charge is -2.45. The van der Waals surface area contributed by atoms with Crippen molar-refractivity contribution < 1.29 is 9.15 Å². The van der Waals surface area contributed by atoms with Crippen LogP contribution >= 0.6 is 0 Å². The molecule has 0 aromatic carbocycles. The minimum Gasteiger partial charge on any atom is -0.468 e. The van der Waals surface area contributed by atoms with Crippen LogP contribution in [0.5, 0.6) is 0 Å². The second kappa shape index (κ2) is 5.03. The van der Waals surface area contributed by atoms with Crippen LogP contribution in [0, 0.1) is 0 Å². The summed E-state index contributed by atoms with van der Waals surface area (Å²) in [7, 11) is 0. The van der Waals surface area contributed by atoms with E-state index < -0.39 is 0 Å². The molecule has 1 saturated heterocycles. The van der Waals surface area contributed by atoms with Crippen LogP contribution in [0.3, 0.4) is 0 Å². The first-order valence-electron chi connectivity index (χ1n) is 6.91. The highest BCUT2D eigenvalue weighted by Gasteiger charge is 2.44. The van der Waals surface area contributed by atoms with Crippen molar-refractivity contribution in [2.45, 2.75) is 43.8 Å². The van der Waals surface area contributed by atoms with Gasteiger partial charge in [-0.05, 0) is 37.8 Å². The van der Waals surface area contributed by atoms with Crippen LogP contribution in [0.15, 0.2) is 22.8 Å². The Bertz CT molecular complexity index is 367. The van der Waals surface area contributed by atoms with Gasteiger partial charge < -0.3 is 14.9 Å². The number of ether oxygens (including phenoxy) is 1. The molecule has 4 nitrogen and oxygen atoms in total. The zero-order chi connectivity index (χ0) is 12.4. The van der Waals surface area contributed by atoms with Crippen LogP contribution in [0.4, 0.5) is 0 Å². The molecule has 0 spiro atoms. The van der Waals surface area contributed by atoms with Crippen LogP contribution in [0.1, 0.15) is 31.4 Å². The summed E-state index contributed by atoms with van der Waals surface area (Å²) < 4.78 is 11.2. The van der Waals surface area contributed by atoms with Gasteiger partial charge in [0.05, 0.1) is 25.0 Å². The van der Waals surface area contributed by atoms with Gasteiger partial charge in [-0.2, -0.15) is 0 Å². The van der Waals surface area contributed by atoms with Gasteiger partial charge >= 0.3 is 0 Å². The van der Waals surface area contributed by atoms with Gasteiger partial charge in [-0.15, -0.1) is 0 Å². The third-order valence-electron chi connectivity index (χ3n) is 4.18. The maximum absolute atomic E-state index is 6.08. The molecule has 2 fully saturated rings. The number of nitrogens with zero attached hydrogens (tertiary/aromatic N) is 1. The summed E-state index contributed by atoms with van der Waals surface area (Å²) >= 11 is 0. The van der Waals surface area contributed by atoms with Gasteiger partial charge in [0.2, 0.25) is 0 Å². The van der Waals surface area contributed by atoms with Gasteiger partial charge in [-0.1, -0.05) is 0 Å². The number of hydrogen-bond donors (Lipinski definition) is 1. The van der Waals surface area contributed by atoms with Crippen LogP contribution in [0.25, 0.3) is 0 Å². The number of rotatable bonds is 5. The van der Waals surface area contributed by atoms with E-state index in [-0.39, 0.29) is 5.54 Å². The second-order valence-corrected chi connectivity index (χ2v) is 5.52. The van der Waals surface area contributed by atoms with Gasteiger partial charge in [-0.25, -0.2) is 0 Å². The Hall–Kier alpha value is -0.840. The Morgan fingerprint density at radius 2 is 2.33 bits per heavy atom. The highest BCUT2D eigenvalue weighted by atomic mass is 16.5. The van der Waals surface area contributed by atoms with E-state index in [1.807, 2.05) is 12.1 Å². The summed E-state index contributed by atoms with van der Waals surface area (Å²) in [5.41, 5.74) is 6.10. The Balaban J connectivity index is 1.78. The molecule has 100 valence electrons. The molecule has 1 aliphatic carbocycles. The first kappa shape index (κ1) is 12.2. The maximum atomic E-state index is 6.08. The van der Waals surface area contributed by atoms with E-state index >= 15 is 0 Å². The summed E-state index contributed by atoms with van der Waals surface area (Å²) in [5, 5.41) is 0. The molecule has 1 aromatic rings. The van der Waals surface area contributed by atoms with E-state index in [1.54, 1.807) is 6.26 Å². The van der Waals surface area contributed by atoms with Crippen LogP contribution in [-0.2, 0) is 11.3 Å². The van der Waals surface area contributed by atoms with Gasteiger partial charge in [0.1, 0.15) is 5.76 Å². The molecule has 2 aliphatic rings. The van der Waals surface area contributed by atoms with Gasteiger partial charge in [-0.3, -0.25) is 4.90 Å². The standard InChI is InChI=1S/C14H22N2O2/c15-10-14(6-2-7-17-11-14)16(12-4-5-12)9-13-3-1-8-18-13/h1,3,8,12H,2,4-7,9-11,15H2. The monoisotopic (exact) mass is 250 g/mol. The molecule has 0 radical (unpaired) electrons. The van der Waals surface area contributed by atoms with Crippen LogP contribution in [-0.4, -0.2) is 36.2 Å². The zero-order valence-electron chi connectivity index (χ0n) is 10.8. The summed E-state index contributed by atoms with van der Waals surface area (Å²) in [5.74, 6) is 1.03. The number of nitrogens with two attached hydrogens (primary N) is 1. The summed E-state index contributed by atoms with van der Waals surface area (Å²) in [4.78, 5) is 2.53. The lowest BCUT2D eigenvalue weighted by Crippen LogP contribution is -2.59. The molecule has 1 aliphatic heterocycles. The number of furan rings is 1. The van der Waals surface area contributed by atoms with Crippen LogP contribution in [0.2, 0.25) is 0 Å². The molecule has 0 bridgehead atoms. The molecule has 1 atom stereocenters. The normalized spacial score (nSPS) is 28.8. The Kier molecular flexibility index (Phi) is 3.41. The minimum absolute atomic E-state index is 0.0200. The molecule has 2 heterocycles. The fourth-order valence-corrected chi connectivity index (χ4v) is 2.98. The third kappa shape index (κ3) is 2.32. The van der Waals surface area contributed by atoms with Crippen molar-refractivity contribution in [3.8, 4) is 0 Å². The highest BCUT2D eigenvalue weighted by Crippen LogP contribution is 2.37. The largest absolute Gasteiger partial charge is 0.468 e. The molecule has 1 saturated carbocycles. The van der Waals surface area contributed by atoms with Crippen molar-refractivity contribution in [3.63, 3.8) is 0 Å². The molecular formula is C14H22N2O2. The molecule has 18 heavy (non-hydrogen) atoms. The highest BCUT2D eigenvalue weighted by molar-refractivity contribution is 5.05. The smallest absolute Gasteiger partial charge is 0.117 e. The summed E-state index contributed by atoms with van der Waals surface area (Å²) in [6.45, 7) is 3.17. The molecule has 3 rings (SSSR count). The van der Waals surface area contributed by atoms with Gasteiger partial charge in [0, 0.05) is 19.2 Å². The van der Waals surface area contributed by atoms with E-state index in [4.69, 9.17) is 14.9 Å². The lowest BCUT2D eigenvalue weighted by molar-refractivity contribution is -0.0552. The molecule has 0 amide bonds. The Morgan fingerprint density at radius 3 is 2.89 bits per heavy atom. The SMILES string of the molecule is NCC1(N(Cc2ccco2)C2CC2)CCCOC1. The van der Waals surface area contributed by atoms with Crippen molar-refractivity contribution in [2.75, 3.05) is 19.8 Å². The fourth-order valence-electron chi connectivity index (χ4n) is 2.98. The van der Waals surface area contributed by atoms with Gasteiger partial charge in [0.25, 0.3) is 0 Å². The van der Waals surface area contributed by atoms with E-state index in [0.29, 0.717) is 12.6 Å². The van der Waals surface area contributed by atoms with Crippen molar-refractivity contribution in [2.24, 2.45) is 5.73 Å². The Morgan fingerprint density at radius 1 is 1.44 bits per heavy atom. The van der Waals surface area contributed by atoms with Crippen molar-refractivity contribution >= 4 is 0 Å². The fraction of sp³-hybridized carbons (Fsp3) is 0.714. The van der Waals surface area contributed by atoms with Crippen LogP contribution < -0.4 is 5.73 Å². The van der Waals surface area contributed by atoms with Crippen molar-refractivity contribution in [3.05, 3.63) is 24.2 Å². The molecule has 1 unspecified atom stereocenters. The average molecular weight is 250 g/mol. The topological polar surface area (TPSA) is 51.6 Å². The number of hydrogen-bond acceptors (Lipinski definition) is 4. The molecule has 2 N–H and O–H groups in total. The maximum Gasteiger partial charge on any atom is 0.117 e. The van der Waals surface area contributed by atoms with Gasteiger partial charge in [0.15, 0.2) is 0 Å². The van der Waals surface area contributed by atoms with E-state index in [9.17, 15) is 0 Å². The first-order chi connectivity index (χ1) is 8.84. The quantitative estimate of drug-likeness (QED) is 0.865. The minimum atomic E-state index is 0.0200. The zero-order valence-corrected chi connectivity index (χ0v) is 10.8. The third-order valence-corrected chi connectivity index (χ3v) is 4.18.